The van der Waals surface area contributed by atoms with Gasteiger partial charge < -0.3 is 14.8 Å². The number of hydrogen-bond acceptors (Lipinski definition) is 3. The predicted octanol–water partition coefficient (Wildman–Crippen LogP) is 4.89. The van der Waals surface area contributed by atoms with Crippen LogP contribution in [-0.2, 0) is 9.54 Å². The van der Waals surface area contributed by atoms with Crippen LogP contribution < -0.4 is 0 Å². The van der Waals surface area contributed by atoms with Gasteiger partial charge in [0.1, 0.15) is 6.29 Å². The van der Waals surface area contributed by atoms with Gasteiger partial charge in [0.25, 0.3) is 0 Å². The minimum Gasteiger partial charge on any atom is -0.465 e. The summed E-state index contributed by atoms with van der Waals surface area (Å²) in [6.45, 7) is 0. The average Bonchev–Trinajstić information content (AvgIpc) is 2.78. The lowest BCUT2D eigenvalue weighted by atomic mass is 9.84. The molecule has 1 atom stereocenters. The number of carbonyl (C=O) groups excluding carboxylic acids is 1. The third-order valence-electron chi connectivity index (χ3n) is 4.97. The van der Waals surface area contributed by atoms with Gasteiger partial charge in [0.15, 0.2) is 0 Å². The van der Waals surface area contributed by atoms with E-state index in [1.165, 1.54) is 7.05 Å². The van der Waals surface area contributed by atoms with Gasteiger partial charge in [0.2, 0.25) is 0 Å². The van der Waals surface area contributed by atoms with Crippen molar-refractivity contribution in [1.82, 2.24) is 4.90 Å². The van der Waals surface area contributed by atoms with E-state index in [1.54, 1.807) is 11.8 Å². The van der Waals surface area contributed by atoms with Gasteiger partial charge >= 0.3 is 6.09 Å². The van der Waals surface area contributed by atoms with E-state index in [1.807, 2.05) is 54.6 Å². The van der Waals surface area contributed by atoms with Gasteiger partial charge in [0, 0.05) is 12.8 Å². The SMILES string of the molecule is CN(C(=O)O)C(C=O)CSC(c1ccccc1)(c1ccccc1)c1ccccc1. The van der Waals surface area contributed by atoms with Crippen LogP contribution >= 0.6 is 11.8 Å². The molecule has 0 bridgehead atoms. The summed E-state index contributed by atoms with van der Waals surface area (Å²) in [4.78, 5) is 24.1. The van der Waals surface area contributed by atoms with E-state index in [2.05, 4.69) is 36.4 Å². The van der Waals surface area contributed by atoms with E-state index in [9.17, 15) is 14.7 Å². The molecular weight excluding hydrogens is 382 g/mol. The van der Waals surface area contributed by atoms with Crippen molar-refractivity contribution < 1.29 is 14.7 Å². The molecule has 0 radical (unpaired) electrons. The first-order chi connectivity index (χ1) is 14.1. The first kappa shape index (κ1) is 20.7. The number of carboxylic acid groups (broad SMARTS) is 1. The van der Waals surface area contributed by atoms with Gasteiger partial charge in [-0.1, -0.05) is 91.0 Å². The number of aldehydes is 1. The molecule has 0 saturated heterocycles. The quantitative estimate of drug-likeness (QED) is 0.428. The van der Waals surface area contributed by atoms with Gasteiger partial charge in [-0.2, -0.15) is 0 Å². The Hall–Kier alpha value is -3.05. The minimum absolute atomic E-state index is 0.324. The molecule has 0 spiro atoms. The number of benzene rings is 3. The minimum atomic E-state index is -1.12. The highest BCUT2D eigenvalue weighted by Crippen LogP contribution is 2.48. The zero-order valence-electron chi connectivity index (χ0n) is 16.1. The van der Waals surface area contributed by atoms with Crippen molar-refractivity contribution in [3.8, 4) is 0 Å². The van der Waals surface area contributed by atoms with Gasteiger partial charge in [-0.25, -0.2) is 4.79 Å². The molecule has 0 aliphatic rings. The molecule has 0 saturated carbocycles. The predicted molar refractivity (Wildman–Crippen MR) is 117 cm³/mol. The van der Waals surface area contributed by atoms with E-state index in [0.29, 0.717) is 12.0 Å². The lowest BCUT2D eigenvalue weighted by Crippen LogP contribution is -2.40. The smallest absolute Gasteiger partial charge is 0.407 e. The molecule has 0 heterocycles. The molecule has 0 aliphatic heterocycles. The van der Waals surface area contributed by atoms with Crippen LogP contribution in [0.3, 0.4) is 0 Å². The first-order valence-electron chi connectivity index (χ1n) is 9.31. The van der Waals surface area contributed by atoms with Crippen LogP contribution in [0.4, 0.5) is 4.79 Å². The molecule has 5 heteroatoms. The van der Waals surface area contributed by atoms with Crippen molar-refractivity contribution in [3.05, 3.63) is 108 Å². The summed E-state index contributed by atoms with van der Waals surface area (Å²) in [5, 5.41) is 9.32. The average molecular weight is 406 g/mol. The fourth-order valence-electron chi connectivity index (χ4n) is 3.36. The molecule has 0 aromatic heterocycles. The van der Waals surface area contributed by atoms with E-state index in [-0.39, 0.29) is 0 Å². The monoisotopic (exact) mass is 405 g/mol. The Morgan fingerprint density at radius 1 is 0.897 bits per heavy atom. The van der Waals surface area contributed by atoms with Crippen LogP contribution in [0.2, 0.25) is 0 Å². The third-order valence-corrected chi connectivity index (χ3v) is 6.62. The second-order valence-electron chi connectivity index (χ2n) is 6.69. The summed E-state index contributed by atoms with van der Waals surface area (Å²) in [5.74, 6) is 0.324. The van der Waals surface area contributed by atoms with E-state index in [0.717, 1.165) is 21.6 Å². The van der Waals surface area contributed by atoms with Crippen molar-refractivity contribution in [1.29, 1.82) is 0 Å². The lowest BCUT2D eigenvalue weighted by Gasteiger charge is -2.36. The summed E-state index contributed by atoms with van der Waals surface area (Å²) >= 11 is 1.57. The van der Waals surface area contributed by atoms with Crippen LogP contribution in [0.25, 0.3) is 0 Å². The summed E-state index contributed by atoms with van der Waals surface area (Å²) in [5.41, 5.74) is 3.22. The number of nitrogens with zero attached hydrogens (tertiary/aromatic N) is 1. The summed E-state index contributed by atoms with van der Waals surface area (Å²) < 4.78 is -0.579. The van der Waals surface area contributed by atoms with Crippen molar-refractivity contribution in [2.24, 2.45) is 0 Å². The Morgan fingerprint density at radius 3 is 1.59 bits per heavy atom. The number of hydrogen-bond donors (Lipinski definition) is 1. The zero-order chi connectivity index (χ0) is 20.7. The Bertz CT molecular complexity index is 835. The van der Waals surface area contributed by atoms with Crippen LogP contribution in [0.1, 0.15) is 16.7 Å². The molecule has 1 unspecified atom stereocenters. The van der Waals surface area contributed by atoms with Crippen LogP contribution in [0.5, 0.6) is 0 Å². The fourth-order valence-corrected chi connectivity index (χ4v) is 4.99. The second-order valence-corrected chi connectivity index (χ2v) is 7.92. The highest BCUT2D eigenvalue weighted by molar-refractivity contribution is 8.00. The first-order valence-corrected chi connectivity index (χ1v) is 10.3. The Kier molecular flexibility index (Phi) is 6.73. The maximum Gasteiger partial charge on any atom is 0.407 e. The normalized spacial score (nSPS) is 12.2. The molecule has 3 aromatic carbocycles. The molecule has 1 amide bonds. The van der Waals surface area contributed by atoms with E-state index in [4.69, 9.17) is 0 Å². The maximum absolute atomic E-state index is 11.7. The van der Waals surface area contributed by atoms with E-state index < -0.39 is 16.9 Å². The van der Waals surface area contributed by atoms with Crippen molar-refractivity contribution in [2.75, 3.05) is 12.8 Å². The third kappa shape index (κ3) is 4.35. The Balaban J connectivity index is 2.15. The summed E-state index contributed by atoms with van der Waals surface area (Å²) in [6.07, 6.45) is -0.417. The van der Waals surface area contributed by atoms with Gasteiger partial charge in [-0.3, -0.25) is 0 Å². The zero-order valence-corrected chi connectivity index (χ0v) is 17.0. The molecule has 1 N–H and O–H groups in total. The summed E-state index contributed by atoms with van der Waals surface area (Å²) in [6, 6.07) is 29.6. The Morgan fingerprint density at radius 2 is 1.28 bits per heavy atom. The van der Waals surface area contributed by atoms with Gasteiger partial charge in [0.05, 0.1) is 10.8 Å². The van der Waals surface area contributed by atoms with Gasteiger partial charge in [-0.05, 0) is 16.7 Å². The molecule has 3 aromatic rings. The fraction of sp³-hybridized carbons (Fsp3) is 0.167. The van der Waals surface area contributed by atoms with Crippen LogP contribution in [0, 0.1) is 0 Å². The molecular formula is C24H23NO3S. The van der Waals surface area contributed by atoms with Gasteiger partial charge in [-0.15, -0.1) is 11.8 Å². The Labute approximate surface area is 175 Å². The van der Waals surface area contributed by atoms with Crippen LogP contribution in [0.15, 0.2) is 91.0 Å². The number of amides is 1. The molecule has 148 valence electrons. The number of likely N-dealkylation sites (N-methyl/N-ethyl adjacent to an activating group) is 1. The largest absolute Gasteiger partial charge is 0.465 e. The molecule has 29 heavy (non-hydrogen) atoms. The van der Waals surface area contributed by atoms with Crippen molar-refractivity contribution >= 4 is 24.1 Å². The van der Waals surface area contributed by atoms with E-state index >= 15 is 0 Å². The van der Waals surface area contributed by atoms with Crippen molar-refractivity contribution in [2.45, 2.75) is 10.8 Å². The summed E-state index contributed by atoms with van der Waals surface area (Å²) in [7, 11) is 1.43. The van der Waals surface area contributed by atoms with Crippen molar-refractivity contribution in [3.63, 3.8) is 0 Å². The topological polar surface area (TPSA) is 57.6 Å². The second kappa shape index (κ2) is 9.43. The molecule has 0 aliphatic carbocycles. The highest BCUT2D eigenvalue weighted by atomic mass is 32.2. The number of carbonyl (C=O) groups is 2. The number of thioether (sulfide) groups is 1. The lowest BCUT2D eigenvalue weighted by molar-refractivity contribution is -0.110. The molecule has 4 nitrogen and oxygen atoms in total. The standard InChI is InChI=1S/C24H23NO3S/c1-25(23(27)28)22(17-26)18-29-24(19-11-5-2-6-12-19,20-13-7-3-8-14-20)21-15-9-4-10-16-21/h2-17,22H,18H2,1H3,(H,27,28). The highest BCUT2D eigenvalue weighted by Gasteiger charge is 2.38. The molecule has 0 fully saturated rings. The maximum atomic E-state index is 11.7. The molecule has 3 rings (SSSR count). The number of rotatable bonds is 8. The van der Waals surface area contributed by atoms with Crippen LogP contribution in [-0.4, -0.2) is 41.2 Å².